The molecule has 1 aliphatic carbocycles. The van der Waals surface area contributed by atoms with Crippen molar-refractivity contribution < 1.29 is 19.6 Å². The number of quaternary nitrogens is 1. The van der Waals surface area contributed by atoms with Crippen molar-refractivity contribution in [3.63, 3.8) is 0 Å². The van der Waals surface area contributed by atoms with E-state index in [1.165, 1.54) is 16.2 Å². The number of carbonyl (C=O) groups excluding carboxylic acids is 2. The smallest absolute Gasteiger partial charge is 0.280 e. The largest absolute Gasteiger partial charge is 0.545 e. The van der Waals surface area contributed by atoms with Crippen molar-refractivity contribution >= 4 is 28.2 Å². The summed E-state index contributed by atoms with van der Waals surface area (Å²) in [6, 6.07) is 0. The van der Waals surface area contributed by atoms with E-state index in [-0.39, 0.29) is 11.5 Å². The average molecular weight is 324 g/mol. The van der Waals surface area contributed by atoms with E-state index < -0.39 is 5.97 Å². The van der Waals surface area contributed by atoms with Crippen LogP contribution < -0.4 is 15.3 Å². The number of unbranched alkanes of at least 4 members (excludes halogenated alkanes) is 1. The Morgan fingerprint density at radius 1 is 1.32 bits per heavy atom. The highest BCUT2D eigenvalue weighted by molar-refractivity contribution is 7.17. The molecule has 22 heavy (non-hydrogen) atoms. The normalized spacial score (nSPS) is 14.6. The Balaban J connectivity index is 2.04. The molecule has 1 amide bonds. The number of aryl methyl sites for hydroxylation is 1. The number of rotatable bonds is 8. The highest BCUT2D eigenvalue weighted by Gasteiger charge is 2.24. The molecule has 0 aliphatic heterocycles. The molecule has 2 N–H and O–H groups in total. The van der Waals surface area contributed by atoms with Crippen molar-refractivity contribution in [2.45, 2.75) is 46.0 Å². The van der Waals surface area contributed by atoms with Gasteiger partial charge in [0, 0.05) is 10.4 Å². The van der Waals surface area contributed by atoms with E-state index in [1.807, 2.05) is 0 Å². The van der Waals surface area contributed by atoms with Crippen molar-refractivity contribution in [2.24, 2.45) is 0 Å². The Morgan fingerprint density at radius 3 is 2.73 bits per heavy atom. The first-order valence-electron chi connectivity index (χ1n) is 8.06. The van der Waals surface area contributed by atoms with Crippen molar-refractivity contribution in [3.8, 4) is 0 Å². The van der Waals surface area contributed by atoms with Gasteiger partial charge in [0.05, 0.1) is 19.1 Å². The molecule has 6 heteroatoms. The van der Waals surface area contributed by atoms with Crippen LogP contribution in [0, 0.1) is 0 Å². The van der Waals surface area contributed by atoms with E-state index in [0.29, 0.717) is 11.5 Å². The number of likely N-dealkylation sites (N-methyl/N-ethyl adjacent to an activating group) is 1. The van der Waals surface area contributed by atoms with Crippen LogP contribution in [0.2, 0.25) is 0 Å². The molecule has 0 saturated carbocycles. The summed E-state index contributed by atoms with van der Waals surface area (Å²) in [5.74, 6) is -1.30. The number of carboxylic acids is 1. The number of aromatic carboxylic acids is 1. The SMILES string of the molecule is CCCC[NH+](CC)CC(=O)Nc1sc2c(c1C(=O)[O-])CCC2. The van der Waals surface area contributed by atoms with Gasteiger partial charge in [0.2, 0.25) is 0 Å². The Hall–Kier alpha value is -1.40. The van der Waals surface area contributed by atoms with Crippen LogP contribution >= 0.6 is 11.3 Å². The Bertz CT molecular complexity index is 554. The zero-order valence-electron chi connectivity index (χ0n) is 13.3. The molecule has 1 heterocycles. The summed E-state index contributed by atoms with van der Waals surface area (Å²) in [5, 5.41) is 14.6. The molecule has 5 nitrogen and oxygen atoms in total. The molecular formula is C16H24N2O3S. The average Bonchev–Trinajstić information content (AvgIpc) is 3.02. The zero-order chi connectivity index (χ0) is 16.1. The number of hydrogen-bond donors (Lipinski definition) is 2. The first kappa shape index (κ1) is 17.0. The summed E-state index contributed by atoms with van der Waals surface area (Å²) in [7, 11) is 0. The maximum absolute atomic E-state index is 12.2. The van der Waals surface area contributed by atoms with E-state index in [9.17, 15) is 14.7 Å². The molecule has 0 aromatic carbocycles. The summed E-state index contributed by atoms with van der Waals surface area (Å²) in [6.45, 7) is 6.43. The molecule has 1 aromatic heterocycles. The Labute approximate surface area is 135 Å². The number of carbonyl (C=O) groups is 2. The van der Waals surface area contributed by atoms with E-state index in [4.69, 9.17) is 0 Å². The fraction of sp³-hybridized carbons (Fsp3) is 0.625. The molecule has 0 radical (unpaired) electrons. The fourth-order valence-corrected chi connectivity index (χ4v) is 4.22. The molecule has 0 bridgehead atoms. The number of hydrogen-bond acceptors (Lipinski definition) is 4. The quantitative estimate of drug-likeness (QED) is 0.720. The topological polar surface area (TPSA) is 73.7 Å². The van der Waals surface area contributed by atoms with Crippen LogP contribution in [0.3, 0.4) is 0 Å². The van der Waals surface area contributed by atoms with Gasteiger partial charge in [-0.3, -0.25) is 4.79 Å². The van der Waals surface area contributed by atoms with Gasteiger partial charge in [0.1, 0.15) is 5.00 Å². The van der Waals surface area contributed by atoms with Crippen LogP contribution in [-0.4, -0.2) is 31.5 Å². The standard InChI is InChI=1S/C16H24N2O3S/c1-3-5-9-18(4-2)10-13(19)17-15-14(16(20)21)11-7-6-8-12(11)22-15/h3-10H2,1-2H3,(H,17,19)(H,20,21). The predicted octanol–water partition coefficient (Wildman–Crippen LogP) is 0.244. The minimum absolute atomic E-state index is 0.115. The van der Waals surface area contributed by atoms with Crippen LogP contribution in [0.5, 0.6) is 0 Å². The van der Waals surface area contributed by atoms with Gasteiger partial charge in [-0.25, -0.2) is 0 Å². The summed E-state index contributed by atoms with van der Waals surface area (Å²) < 4.78 is 0. The molecular weight excluding hydrogens is 300 g/mol. The maximum atomic E-state index is 12.2. The molecule has 1 aliphatic rings. The van der Waals surface area contributed by atoms with Gasteiger partial charge < -0.3 is 20.1 Å². The van der Waals surface area contributed by atoms with Crippen molar-refractivity contribution in [3.05, 3.63) is 16.0 Å². The minimum atomic E-state index is -1.18. The van der Waals surface area contributed by atoms with Crippen LogP contribution in [0.25, 0.3) is 0 Å². The Morgan fingerprint density at radius 2 is 2.09 bits per heavy atom. The zero-order valence-corrected chi connectivity index (χ0v) is 14.1. The number of nitrogens with one attached hydrogen (secondary N) is 2. The van der Waals surface area contributed by atoms with Crippen LogP contribution in [0.15, 0.2) is 0 Å². The van der Waals surface area contributed by atoms with Gasteiger partial charge >= 0.3 is 0 Å². The maximum Gasteiger partial charge on any atom is 0.280 e. The number of carboxylic acid groups (broad SMARTS) is 1. The molecule has 1 aromatic rings. The number of anilines is 1. The highest BCUT2D eigenvalue weighted by Crippen LogP contribution is 2.38. The van der Waals surface area contributed by atoms with E-state index >= 15 is 0 Å². The van der Waals surface area contributed by atoms with E-state index in [0.717, 1.165) is 55.6 Å². The number of amides is 1. The predicted molar refractivity (Wildman–Crippen MR) is 85.4 cm³/mol. The molecule has 2 rings (SSSR count). The summed E-state index contributed by atoms with van der Waals surface area (Å²) in [6.07, 6.45) is 4.86. The number of fused-ring (bicyclic) bond motifs is 1. The fourth-order valence-electron chi connectivity index (χ4n) is 2.92. The van der Waals surface area contributed by atoms with Crippen molar-refractivity contribution in [1.82, 2.24) is 0 Å². The first-order chi connectivity index (χ1) is 10.6. The lowest BCUT2D eigenvalue weighted by Gasteiger charge is -2.17. The summed E-state index contributed by atoms with van der Waals surface area (Å²) >= 11 is 1.40. The van der Waals surface area contributed by atoms with Gasteiger partial charge in [-0.05, 0) is 38.2 Å². The lowest BCUT2D eigenvalue weighted by atomic mass is 10.1. The summed E-state index contributed by atoms with van der Waals surface area (Å²) in [4.78, 5) is 25.9. The third-order valence-electron chi connectivity index (χ3n) is 4.17. The van der Waals surface area contributed by atoms with E-state index in [1.54, 1.807) is 0 Å². The summed E-state index contributed by atoms with van der Waals surface area (Å²) in [5.41, 5.74) is 1.07. The number of thiophene rings is 1. The van der Waals surface area contributed by atoms with E-state index in [2.05, 4.69) is 19.2 Å². The minimum Gasteiger partial charge on any atom is -0.545 e. The lowest BCUT2D eigenvalue weighted by Crippen LogP contribution is -3.12. The second kappa shape index (κ2) is 7.74. The first-order valence-corrected chi connectivity index (χ1v) is 8.87. The van der Waals surface area contributed by atoms with Crippen LogP contribution in [0.1, 0.15) is 53.9 Å². The second-order valence-corrected chi connectivity index (χ2v) is 6.89. The van der Waals surface area contributed by atoms with Crippen LogP contribution in [0.4, 0.5) is 5.00 Å². The third-order valence-corrected chi connectivity index (χ3v) is 5.38. The van der Waals surface area contributed by atoms with Crippen LogP contribution in [-0.2, 0) is 17.6 Å². The Kier molecular flexibility index (Phi) is 5.97. The molecule has 0 spiro atoms. The van der Waals surface area contributed by atoms with Gasteiger partial charge in [0.25, 0.3) is 5.91 Å². The molecule has 1 unspecified atom stereocenters. The van der Waals surface area contributed by atoms with Gasteiger partial charge in [-0.1, -0.05) is 13.3 Å². The molecule has 1 atom stereocenters. The van der Waals surface area contributed by atoms with Gasteiger partial charge in [0.15, 0.2) is 6.54 Å². The molecule has 0 fully saturated rings. The molecule has 122 valence electrons. The lowest BCUT2D eigenvalue weighted by molar-refractivity contribution is -0.890. The van der Waals surface area contributed by atoms with Gasteiger partial charge in [-0.2, -0.15) is 0 Å². The molecule has 0 saturated heterocycles. The third kappa shape index (κ3) is 3.87. The second-order valence-electron chi connectivity index (χ2n) is 5.78. The monoisotopic (exact) mass is 324 g/mol. The van der Waals surface area contributed by atoms with Gasteiger partial charge in [-0.15, -0.1) is 11.3 Å². The van der Waals surface area contributed by atoms with Crippen molar-refractivity contribution in [2.75, 3.05) is 25.0 Å². The van der Waals surface area contributed by atoms with Crippen molar-refractivity contribution in [1.29, 1.82) is 0 Å². The highest BCUT2D eigenvalue weighted by atomic mass is 32.1.